The van der Waals surface area contributed by atoms with E-state index in [0.29, 0.717) is 5.56 Å². The van der Waals surface area contributed by atoms with Crippen molar-refractivity contribution in [1.82, 2.24) is 10.6 Å². The van der Waals surface area contributed by atoms with Gasteiger partial charge in [-0.3, -0.25) is 9.59 Å². The minimum atomic E-state index is -4.83. The molecule has 2 rings (SSSR count). The molecular weight excluding hydrogens is 458 g/mol. The van der Waals surface area contributed by atoms with Gasteiger partial charge in [-0.05, 0) is 42.0 Å². The van der Waals surface area contributed by atoms with E-state index in [9.17, 15) is 35.9 Å². The lowest BCUT2D eigenvalue weighted by Gasteiger charge is -2.18. The number of amides is 2. The zero-order valence-corrected chi connectivity index (χ0v) is 17.2. The predicted molar refractivity (Wildman–Crippen MR) is 105 cm³/mol. The molecule has 0 heterocycles. The first-order chi connectivity index (χ1) is 15.4. The van der Waals surface area contributed by atoms with Crippen molar-refractivity contribution in [3.8, 4) is 11.5 Å². The van der Waals surface area contributed by atoms with Gasteiger partial charge < -0.3 is 20.1 Å². The molecule has 0 aliphatic carbocycles. The van der Waals surface area contributed by atoms with Gasteiger partial charge >= 0.3 is 12.5 Å². The topological polar surface area (TPSA) is 76.7 Å². The van der Waals surface area contributed by atoms with Crippen LogP contribution < -0.4 is 20.1 Å². The SMILES string of the molecule is CNC(=O)[C@H](Cc1ccc(OC(F)(F)F)cc1)NC(=O)c1ccc(OCCC(F)(F)F)cc1. The van der Waals surface area contributed by atoms with Gasteiger partial charge in [0.25, 0.3) is 5.91 Å². The Morgan fingerprint density at radius 1 is 0.909 bits per heavy atom. The Kier molecular flexibility index (Phi) is 8.55. The van der Waals surface area contributed by atoms with Gasteiger partial charge in [-0.2, -0.15) is 13.2 Å². The molecule has 0 saturated heterocycles. The number of benzene rings is 2. The number of carbonyl (C=O) groups is 2. The van der Waals surface area contributed by atoms with Gasteiger partial charge in [0.1, 0.15) is 17.5 Å². The molecule has 0 aromatic heterocycles. The second-order valence-corrected chi connectivity index (χ2v) is 6.77. The lowest BCUT2D eigenvalue weighted by Crippen LogP contribution is -2.47. The summed E-state index contributed by atoms with van der Waals surface area (Å²) in [6, 6.07) is 9.07. The van der Waals surface area contributed by atoms with E-state index in [1.54, 1.807) is 0 Å². The van der Waals surface area contributed by atoms with Crippen LogP contribution in [0.1, 0.15) is 22.3 Å². The van der Waals surface area contributed by atoms with Crippen LogP contribution in [0.3, 0.4) is 0 Å². The Hall–Kier alpha value is -3.44. The molecule has 0 aliphatic heterocycles. The zero-order valence-electron chi connectivity index (χ0n) is 17.2. The van der Waals surface area contributed by atoms with Gasteiger partial charge in [-0.25, -0.2) is 0 Å². The van der Waals surface area contributed by atoms with Crippen LogP contribution in [0.2, 0.25) is 0 Å². The highest BCUT2D eigenvalue weighted by Gasteiger charge is 2.31. The summed E-state index contributed by atoms with van der Waals surface area (Å²) in [5.41, 5.74) is 0.591. The van der Waals surface area contributed by atoms with Crippen LogP contribution >= 0.6 is 0 Å². The van der Waals surface area contributed by atoms with Crippen molar-refractivity contribution >= 4 is 11.8 Å². The third-order valence-corrected chi connectivity index (χ3v) is 4.24. The summed E-state index contributed by atoms with van der Waals surface area (Å²) < 4.78 is 82.1. The Balaban J connectivity index is 2.00. The van der Waals surface area contributed by atoms with Crippen molar-refractivity contribution in [3.63, 3.8) is 0 Å². The van der Waals surface area contributed by atoms with Crippen molar-refractivity contribution in [2.45, 2.75) is 31.4 Å². The summed E-state index contributed by atoms with van der Waals surface area (Å²) in [6.45, 7) is -0.569. The number of likely N-dealkylation sites (N-methyl/N-ethyl adjacent to an activating group) is 1. The molecule has 0 spiro atoms. The number of rotatable bonds is 9. The molecule has 33 heavy (non-hydrogen) atoms. The fraction of sp³-hybridized carbons (Fsp3) is 0.333. The minimum Gasteiger partial charge on any atom is -0.493 e. The van der Waals surface area contributed by atoms with Crippen molar-refractivity contribution in [1.29, 1.82) is 0 Å². The molecule has 0 aliphatic rings. The molecule has 0 fully saturated rings. The molecular formula is C21H20F6N2O4. The van der Waals surface area contributed by atoms with Crippen LogP contribution in [0.4, 0.5) is 26.3 Å². The molecule has 12 heteroatoms. The standard InChI is InChI=1S/C21H20F6N2O4/c1-28-19(31)17(12-13-2-6-16(7-3-13)33-21(25,26)27)29-18(30)14-4-8-15(9-5-14)32-11-10-20(22,23)24/h2-9,17H,10-12H2,1H3,(H,28,31)(H,29,30)/t17-/m0/s1. The fourth-order valence-electron chi connectivity index (χ4n) is 2.68. The van der Waals surface area contributed by atoms with Crippen LogP contribution in [0.5, 0.6) is 11.5 Å². The summed E-state index contributed by atoms with van der Waals surface area (Å²) in [6.07, 6.45) is -10.3. The largest absolute Gasteiger partial charge is 0.573 e. The van der Waals surface area contributed by atoms with Gasteiger partial charge in [0, 0.05) is 19.0 Å². The van der Waals surface area contributed by atoms with Crippen LogP contribution in [-0.4, -0.2) is 44.0 Å². The number of halogens is 6. The van der Waals surface area contributed by atoms with Crippen molar-refractivity contribution < 1.29 is 45.4 Å². The number of ether oxygens (including phenoxy) is 2. The van der Waals surface area contributed by atoms with E-state index in [-0.39, 0.29) is 17.7 Å². The molecule has 2 amide bonds. The van der Waals surface area contributed by atoms with Gasteiger partial charge in [-0.1, -0.05) is 12.1 Å². The molecule has 180 valence electrons. The van der Waals surface area contributed by atoms with Gasteiger partial charge in [0.15, 0.2) is 0 Å². The molecule has 0 unspecified atom stereocenters. The van der Waals surface area contributed by atoms with Crippen molar-refractivity contribution in [2.75, 3.05) is 13.7 Å². The minimum absolute atomic E-state index is 0.0175. The van der Waals surface area contributed by atoms with E-state index in [2.05, 4.69) is 15.4 Å². The summed E-state index contributed by atoms with van der Waals surface area (Å²) in [5, 5.41) is 4.91. The molecule has 6 nitrogen and oxygen atoms in total. The number of alkyl halides is 6. The van der Waals surface area contributed by atoms with Crippen LogP contribution in [-0.2, 0) is 11.2 Å². The Labute approximate surface area is 184 Å². The highest BCUT2D eigenvalue weighted by atomic mass is 19.4. The molecule has 2 N–H and O–H groups in total. The van der Waals surface area contributed by atoms with E-state index < -0.39 is 49.2 Å². The average Bonchev–Trinajstić information content (AvgIpc) is 2.72. The highest BCUT2D eigenvalue weighted by molar-refractivity contribution is 5.97. The molecule has 0 radical (unpaired) electrons. The first-order valence-corrected chi connectivity index (χ1v) is 9.53. The zero-order chi connectivity index (χ0) is 24.6. The number of hydrogen-bond acceptors (Lipinski definition) is 4. The Morgan fingerprint density at radius 3 is 2.00 bits per heavy atom. The molecule has 2 aromatic rings. The van der Waals surface area contributed by atoms with Crippen LogP contribution in [0.15, 0.2) is 48.5 Å². The van der Waals surface area contributed by atoms with Crippen molar-refractivity contribution in [2.24, 2.45) is 0 Å². The quantitative estimate of drug-likeness (QED) is 0.535. The van der Waals surface area contributed by atoms with Crippen LogP contribution in [0.25, 0.3) is 0 Å². The van der Waals surface area contributed by atoms with Crippen molar-refractivity contribution in [3.05, 3.63) is 59.7 Å². The number of nitrogens with one attached hydrogen (secondary N) is 2. The summed E-state index contributed by atoms with van der Waals surface area (Å²) >= 11 is 0. The number of hydrogen-bond donors (Lipinski definition) is 2. The monoisotopic (exact) mass is 478 g/mol. The summed E-state index contributed by atoms with van der Waals surface area (Å²) in [5.74, 6) is -1.46. The lowest BCUT2D eigenvalue weighted by molar-refractivity contribution is -0.274. The average molecular weight is 478 g/mol. The molecule has 0 saturated carbocycles. The lowest BCUT2D eigenvalue weighted by atomic mass is 10.0. The maximum absolute atomic E-state index is 12.5. The van der Waals surface area contributed by atoms with E-state index in [0.717, 1.165) is 12.1 Å². The van der Waals surface area contributed by atoms with E-state index >= 15 is 0 Å². The van der Waals surface area contributed by atoms with Gasteiger partial charge in [0.05, 0.1) is 13.0 Å². The normalized spacial score (nSPS) is 12.6. The molecule has 2 aromatic carbocycles. The maximum atomic E-state index is 12.5. The fourth-order valence-corrected chi connectivity index (χ4v) is 2.68. The van der Waals surface area contributed by atoms with E-state index in [1.807, 2.05) is 0 Å². The molecule has 1 atom stereocenters. The van der Waals surface area contributed by atoms with E-state index in [1.165, 1.54) is 43.4 Å². The first kappa shape index (κ1) is 25.8. The third-order valence-electron chi connectivity index (χ3n) is 4.24. The molecule has 0 bridgehead atoms. The second-order valence-electron chi connectivity index (χ2n) is 6.77. The third kappa shape index (κ3) is 9.29. The highest BCUT2D eigenvalue weighted by Crippen LogP contribution is 2.23. The second kappa shape index (κ2) is 10.9. The first-order valence-electron chi connectivity index (χ1n) is 9.53. The van der Waals surface area contributed by atoms with Gasteiger partial charge in [0.2, 0.25) is 5.91 Å². The maximum Gasteiger partial charge on any atom is 0.573 e. The summed E-state index contributed by atoms with van der Waals surface area (Å²) in [7, 11) is 1.36. The summed E-state index contributed by atoms with van der Waals surface area (Å²) in [4.78, 5) is 24.7. The van der Waals surface area contributed by atoms with Gasteiger partial charge in [-0.15, -0.1) is 13.2 Å². The van der Waals surface area contributed by atoms with Crippen LogP contribution in [0, 0.1) is 0 Å². The Bertz CT molecular complexity index is 928. The Morgan fingerprint density at radius 2 is 1.48 bits per heavy atom. The smallest absolute Gasteiger partial charge is 0.493 e. The predicted octanol–water partition coefficient (Wildman–Crippen LogP) is 4.00. The van der Waals surface area contributed by atoms with E-state index in [4.69, 9.17) is 4.74 Å². The number of carbonyl (C=O) groups excluding carboxylic acids is 2.